The second-order valence-corrected chi connectivity index (χ2v) is 3.70. The summed E-state index contributed by atoms with van der Waals surface area (Å²) in [5.41, 5.74) is 2.70. The minimum absolute atomic E-state index is 0.157. The van der Waals surface area contributed by atoms with Gasteiger partial charge in [0.1, 0.15) is 5.51 Å². The fraction of sp³-hybridized carbons (Fsp3) is 0.222. The Hall–Kier alpha value is -1.49. The molecule has 1 atom stereocenters. The van der Waals surface area contributed by atoms with Gasteiger partial charge in [-0.15, -0.1) is 10.2 Å². The number of rotatable bonds is 3. The molecule has 2 rings (SSSR count). The van der Waals surface area contributed by atoms with Crippen LogP contribution >= 0.6 is 11.3 Å². The summed E-state index contributed by atoms with van der Waals surface area (Å²) in [5.74, 6) is 0. The average molecular weight is 206 g/mol. The summed E-state index contributed by atoms with van der Waals surface area (Å²) in [4.78, 5) is 4.25. The van der Waals surface area contributed by atoms with Crippen molar-refractivity contribution in [3.05, 3.63) is 35.6 Å². The molecule has 2 heterocycles. The topological polar surface area (TPSA) is 50.7 Å². The van der Waals surface area contributed by atoms with Crippen molar-refractivity contribution in [1.82, 2.24) is 15.2 Å². The lowest BCUT2D eigenvalue weighted by Gasteiger charge is -2.10. The van der Waals surface area contributed by atoms with Gasteiger partial charge in [-0.1, -0.05) is 17.4 Å². The lowest BCUT2D eigenvalue weighted by molar-refractivity contribution is 0.832. The van der Waals surface area contributed by atoms with E-state index >= 15 is 0 Å². The minimum atomic E-state index is 0.157. The molecule has 0 radical (unpaired) electrons. The molecule has 5 heteroatoms. The maximum absolute atomic E-state index is 4.25. The zero-order valence-corrected chi connectivity index (χ0v) is 8.53. The van der Waals surface area contributed by atoms with E-state index < -0.39 is 0 Å². The van der Waals surface area contributed by atoms with Gasteiger partial charge in [-0.25, -0.2) is 0 Å². The number of hydrogen-bond donors (Lipinski definition) is 1. The van der Waals surface area contributed by atoms with Gasteiger partial charge in [0.05, 0.1) is 11.7 Å². The highest BCUT2D eigenvalue weighted by Crippen LogP contribution is 2.17. The highest BCUT2D eigenvalue weighted by Gasteiger charge is 2.06. The second-order valence-electron chi connectivity index (χ2n) is 2.86. The predicted molar refractivity (Wildman–Crippen MR) is 56.2 cm³/mol. The molecule has 0 aliphatic rings. The van der Waals surface area contributed by atoms with Crippen molar-refractivity contribution in [1.29, 1.82) is 0 Å². The van der Waals surface area contributed by atoms with E-state index in [9.17, 15) is 0 Å². The van der Waals surface area contributed by atoms with Crippen LogP contribution in [0.25, 0.3) is 0 Å². The van der Waals surface area contributed by atoms with Gasteiger partial charge in [0.15, 0.2) is 0 Å². The largest absolute Gasteiger partial charge is 0.352 e. The Bertz CT molecular complexity index is 373. The number of aromatic nitrogens is 3. The molecule has 0 fully saturated rings. The van der Waals surface area contributed by atoms with Crippen molar-refractivity contribution in [2.75, 3.05) is 5.32 Å². The quantitative estimate of drug-likeness (QED) is 0.835. The molecule has 0 saturated heterocycles. The highest BCUT2D eigenvalue weighted by molar-refractivity contribution is 7.13. The molecule has 0 aromatic carbocycles. The molecule has 1 unspecified atom stereocenters. The third-order valence-corrected chi connectivity index (χ3v) is 2.45. The number of pyridine rings is 1. The molecule has 0 aliphatic heterocycles. The highest BCUT2D eigenvalue weighted by atomic mass is 32.1. The normalized spacial score (nSPS) is 12.4. The van der Waals surface area contributed by atoms with Crippen molar-refractivity contribution in [3.8, 4) is 0 Å². The molecular formula is C9H10N4S. The smallest absolute Gasteiger partial charge is 0.205 e. The Morgan fingerprint density at radius 3 is 3.00 bits per heavy atom. The summed E-state index contributed by atoms with van der Waals surface area (Å²) in [6.45, 7) is 2.05. The maximum atomic E-state index is 4.25. The first-order valence-corrected chi connectivity index (χ1v) is 5.18. The summed E-state index contributed by atoms with van der Waals surface area (Å²) in [5, 5.41) is 11.7. The van der Waals surface area contributed by atoms with Crippen molar-refractivity contribution in [2.24, 2.45) is 0 Å². The van der Waals surface area contributed by atoms with Crippen molar-refractivity contribution in [3.63, 3.8) is 0 Å². The number of anilines is 1. The van der Waals surface area contributed by atoms with Crippen LogP contribution in [-0.4, -0.2) is 15.2 Å². The van der Waals surface area contributed by atoms with Gasteiger partial charge < -0.3 is 5.32 Å². The zero-order chi connectivity index (χ0) is 9.80. The van der Waals surface area contributed by atoms with Crippen LogP contribution in [0.2, 0.25) is 0 Å². The Labute approximate surface area is 86.0 Å². The Kier molecular flexibility index (Phi) is 2.69. The third-order valence-electron chi connectivity index (χ3n) is 1.83. The van der Waals surface area contributed by atoms with Gasteiger partial charge in [-0.05, 0) is 19.1 Å². The standard InChI is InChI=1S/C9H10N4S/c1-7(8-4-2-3-5-10-8)12-9-13-11-6-14-9/h2-7H,1H3,(H,12,13). The van der Waals surface area contributed by atoms with E-state index in [1.54, 1.807) is 11.7 Å². The molecule has 0 saturated carbocycles. The summed E-state index contributed by atoms with van der Waals surface area (Å²) < 4.78 is 0. The first-order chi connectivity index (χ1) is 6.86. The van der Waals surface area contributed by atoms with Gasteiger partial charge >= 0.3 is 0 Å². The van der Waals surface area contributed by atoms with Crippen LogP contribution in [0.1, 0.15) is 18.7 Å². The van der Waals surface area contributed by atoms with E-state index in [4.69, 9.17) is 0 Å². The summed E-state index contributed by atoms with van der Waals surface area (Å²) >= 11 is 1.48. The third kappa shape index (κ3) is 2.05. The lowest BCUT2D eigenvalue weighted by Crippen LogP contribution is -2.07. The van der Waals surface area contributed by atoms with E-state index in [2.05, 4.69) is 20.5 Å². The fourth-order valence-electron chi connectivity index (χ4n) is 1.13. The minimum Gasteiger partial charge on any atom is -0.352 e. The zero-order valence-electron chi connectivity index (χ0n) is 7.71. The van der Waals surface area contributed by atoms with E-state index in [1.807, 2.05) is 25.1 Å². The van der Waals surface area contributed by atoms with Crippen LogP contribution in [0.3, 0.4) is 0 Å². The first kappa shape index (κ1) is 9.08. The monoisotopic (exact) mass is 206 g/mol. The molecule has 0 aliphatic carbocycles. The van der Waals surface area contributed by atoms with Crippen LogP contribution in [0, 0.1) is 0 Å². The number of nitrogens with zero attached hydrogens (tertiary/aromatic N) is 3. The number of hydrogen-bond acceptors (Lipinski definition) is 5. The molecule has 2 aromatic heterocycles. The van der Waals surface area contributed by atoms with Crippen LogP contribution in [0.4, 0.5) is 5.13 Å². The lowest BCUT2D eigenvalue weighted by atomic mass is 10.2. The Morgan fingerprint density at radius 1 is 1.43 bits per heavy atom. The van der Waals surface area contributed by atoms with E-state index in [1.165, 1.54) is 11.3 Å². The SMILES string of the molecule is CC(Nc1nncs1)c1ccccn1. The molecule has 0 spiro atoms. The summed E-state index contributed by atoms with van der Waals surface area (Å²) in [7, 11) is 0. The van der Waals surface area contributed by atoms with Crippen LogP contribution < -0.4 is 5.32 Å². The fourth-order valence-corrected chi connectivity index (χ4v) is 1.66. The molecule has 0 amide bonds. The average Bonchev–Trinajstić information content (AvgIpc) is 2.72. The van der Waals surface area contributed by atoms with Crippen LogP contribution in [0.5, 0.6) is 0 Å². The van der Waals surface area contributed by atoms with Crippen molar-refractivity contribution < 1.29 is 0 Å². The van der Waals surface area contributed by atoms with Crippen molar-refractivity contribution >= 4 is 16.5 Å². The van der Waals surface area contributed by atoms with Gasteiger partial charge in [0.2, 0.25) is 5.13 Å². The van der Waals surface area contributed by atoms with Gasteiger partial charge in [0, 0.05) is 6.20 Å². The Balaban J connectivity index is 2.07. The first-order valence-electron chi connectivity index (χ1n) is 4.30. The van der Waals surface area contributed by atoms with Gasteiger partial charge in [0.25, 0.3) is 0 Å². The molecule has 72 valence electrons. The van der Waals surface area contributed by atoms with Gasteiger partial charge in [-0.2, -0.15) is 0 Å². The summed E-state index contributed by atoms with van der Waals surface area (Å²) in [6, 6.07) is 6.02. The Morgan fingerprint density at radius 2 is 2.36 bits per heavy atom. The van der Waals surface area contributed by atoms with Gasteiger partial charge in [-0.3, -0.25) is 4.98 Å². The molecule has 1 N–H and O–H groups in total. The van der Waals surface area contributed by atoms with Crippen LogP contribution in [-0.2, 0) is 0 Å². The van der Waals surface area contributed by atoms with E-state index in [0.29, 0.717) is 0 Å². The molecule has 14 heavy (non-hydrogen) atoms. The van der Waals surface area contributed by atoms with Crippen molar-refractivity contribution in [2.45, 2.75) is 13.0 Å². The van der Waals surface area contributed by atoms with E-state index in [0.717, 1.165) is 10.8 Å². The molecular weight excluding hydrogens is 196 g/mol. The molecule has 0 bridgehead atoms. The maximum Gasteiger partial charge on any atom is 0.205 e. The van der Waals surface area contributed by atoms with Crippen LogP contribution in [0.15, 0.2) is 29.9 Å². The van der Waals surface area contributed by atoms with E-state index in [-0.39, 0.29) is 6.04 Å². The molecule has 2 aromatic rings. The number of nitrogens with one attached hydrogen (secondary N) is 1. The molecule has 4 nitrogen and oxygen atoms in total. The second kappa shape index (κ2) is 4.15. The predicted octanol–water partition coefficient (Wildman–Crippen LogP) is 2.11. The summed E-state index contributed by atoms with van der Waals surface area (Å²) in [6.07, 6.45) is 1.79.